The summed E-state index contributed by atoms with van der Waals surface area (Å²) in [5.74, 6) is 0.414. The topological polar surface area (TPSA) is 76.0 Å². The van der Waals surface area contributed by atoms with Crippen molar-refractivity contribution in [1.29, 1.82) is 0 Å². The normalized spacial score (nSPS) is 11.2. The summed E-state index contributed by atoms with van der Waals surface area (Å²) in [7, 11) is 2.91. The number of phenols is 2. The van der Waals surface area contributed by atoms with Crippen LogP contribution in [0.4, 0.5) is 0 Å². The molecule has 0 aliphatic rings. The SMILES string of the molecule is COc1cc(/C=C/C(=O)/C=C/c2cc(OC)c(O)cc2Br)c(Br)cc1O. The molecule has 2 aromatic rings. The minimum absolute atomic E-state index is 0.00822. The summed E-state index contributed by atoms with van der Waals surface area (Å²) in [6.07, 6.45) is 6.04. The summed E-state index contributed by atoms with van der Waals surface area (Å²) in [5, 5.41) is 19.4. The van der Waals surface area contributed by atoms with Gasteiger partial charge < -0.3 is 19.7 Å². The molecule has 0 fully saturated rings. The van der Waals surface area contributed by atoms with E-state index in [1.165, 1.54) is 38.5 Å². The van der Waals surface area contributed by atoms with Gasteiger partial charge in [-0.15, -0.1) is 0 Å². The van der Waals surface area contributed by atoms with Crippen LogP contribution in [-0.4, -0.2) is 30.2 Å². The average molecular weight is 484 g/mol. The molecule has 0 radical (unpaired) electrons. The van der Waals surface area contributed by atoms with Gasteiger partial charge in [-0.2, -0.15) is 0 Å². The molecule has 0 saturated heterocycles. The van der Waals surface area contributed by atoms with Crippen molar-refractivity contribution >= 4 is 49.8 Å². The first-order valence-electron chi connectivity index (χ1n) is 7.38. The molecule has 0 spiro atoms. The van der Waals surface area contributed by atoms with Crippen LogP contribution in [-0.2, 0) is 4.79 Å². The number of hydrogen-bond acceptors (Lipinski definition) is 5. The standard InChI is InChI=1S/C19H16Br2O5/c1-25-18-7-11(14(20)9-16(18)23)3-5-13(22)6-4-12-8-19(26-2)17(24)10-15(12)21/h3-10,23-24H,1-2H3/b5-3+,6-4+. The van der Waals surface area contributed by atoms with Crippen molar-refractivity contribution in [3.63, 3.8) is 0 Å². The van der Waals surface area contributed by atoms with Crippen LogP contribution in [0.2, 0.25) is 0 Å². The molecule has 0 aliphatic heterocycles. The molecular weight excluding hydrogens is 468 g/mol. The number of hydrogen-bond donors (Lipinski definition) is 2. The lowest BCUT2D eigenvalue weighted by Crippen LogP contribution is -1.89. The summed E-state index contributed by atoms with van der Waals surface area (Å²) in [6, 6.07) is 6.24. The quantitative estimate of drug-likeness (QED) is 0.569. The van der Waals surface area contributed by atoms with E-state index in [1.807, 2.05) is 0 Å². The summed E-state index contributed by atoms with van der Waals surface area (Å²) in [6.45, 7) is 0. The first kappa shape index (κ1) is 20.1. The maximum atomic E-state index is 12.1. The molecule has 0 unspecified atom stereocenters. The monoisotopic (exact) mass is 482 g/mol. The van der Waals surface area contributed by atoms with E-state index in [0.29, 0.717) is 31.6 Å². The average Bonchev–Trinajstić information content (AvgIpc) is 2.60. The summed E-state index contributed by atoms with van der Waals surface area (Å²) >= 11 is 6.66. The van der Waals surface area contributed by atoms with Crippen LogP contribution < -0.4 is 9.47 Å². The van der Waals surface area contributed by atoms with Crippen LogP contribution >= 0.6 is 31.9 Å². The van der Waals surface area contributed by atoms with Gasteiger partial charge in [0.25, 0.3) is 0 Å². The van der Waals surface area contributed by atoms with Crippen molar-refractivity contribution in [1.82, 2.24) is 0 Å². The Balaban J connectivity index is 2.19. The van der Waals surface area contributed by atoms with E-state index in [1.54, 1.807) is 24.3 Å². The zero-order valence-corrected chi connectivity index (χ0v) is 17.2. The molecule has 0 aliphatic carbocycles. The Kier molecular flexibility index (Phi) is 6.88. The van der Waals surface area contributed by atoms with Gasteiger partial charge in [0.15, 0.2) is 28.8 Å². The number of ketones is 1. The molecule has 136 valence electrons. The number of ether oxygens (including phenoxy) is 2. The third-order valence-electron chi connectivity index (χ3n) is 3.45. The molecule has 0 bridgehead atoms. The number of aromatic hydroxyl groups is 2. The number of rotatable bonds is 6. The maximum Gasteiger partial charge on any atom is 0.178 e. The lowest BCUT2D eigenvalue weighted by molar-refractivity contribution is -0.110. The largest absolute Gasteiger partial charge is 0.504 e. The molecule has 2 N–H and O–H groups in total. The van der Waals surface area contributed by atoms with E-state index >= 15 is 0 Å². The first-order valence-corrected chi connectivity index (χ1v) is 8.97. The molecule has 0 heterocycles. The van der Waals surface area contributed by atoms with Gasteiger partial charge in [-0.1, -0.05) is 31.9 Å². The van der Waals surface area contributed by atoms with E-state index in [4.69, 9.17) is 9.47 Å². The van der Waals surface area contributed by atoms with Crippen molar-refractivity contribution in [2.45, 2.75) is 0 Å². The molecule has 5 nitrogen and oxygen atoms in total. The molecule has 7 heteroatoms. The van der Waals surface area contributed by atoms with Gasteiger partial charge in [-0.05, 0) is 59.7 Å². The van der Waals surface area contributed by atoms with E-state index in [2.05, 4.69) is 31.9 Å². The molecule has 0 amide bonds. The van der Waals surface area contributed by atoms with Crippen molar-refractivity contribution in [2.75, 3.05) is 14.2 Å². The Morgan fingerprint density at radius 1 is 0.846 bits per heavy atom. The third kappa shape index (κ3) is 4.89. The lowest BCUT2D eigenvalue weighted by atomic mass is 10.1. The summed E-state index contributed by atoms with van der Waals surface area (Å²) in [4.78, 5) is 12.1. The minimum Gasteiger partial charge on any atom is -0.504 e. The van der Waals surface area contributed by atoms with Crippen molar-refractivity contribution in [2.24, 2.45) is 0 Å². The lowest BCUT2D eigenvalue weighted by Gasteiger charge is -2.06. The van der Waals surface area contributed by atoms with E-state index in [-0.39, 0.29) is 17.3 Å². The van der Waals surface area contributed by atoms with E-state index in [9.17, 15) is 15.0 Å². The van der Waals surface area contributed by atoms with Crippen LogP contribution in [0.1, 0.15) is 11.1 Å². The predicted molar refractivity (Wildman–Crippen MR) is 108 cm³/mol. The Labute approximate surface area is 167 Å². The second-order valence-electron chi connectivity index (χ2n) is 5.16. The number of benzene rings is 2. The Morgan fingerprint density at radius 3 is 1.58 bits per heavy atom. The fourth-order valence-electron chi connectivity index (χ4n) is 2.10. The third-order valence-corrected chi connectivity index (χ3v) is 4.82. The van der Waals surface area contributed by atoms with Crippen molar-refractivity contribution in [3.05, 3.63) is 56.5 Å². The van der Waals surface area contributed by atoms with Crippen LogP contribution in [0.15, 0.2) is 45.4 Å². The maximum absolute atomic E-state index is 12.1. The molecule has 0 atom stereocenters. The zero-order chi connectivity index (χ0) is 19.3. The van der Waals surface area contributed by atoms with Crippen LogP contribution in [0.3, 0.4) is 0 Å². The summed E-state index contributed by atoms with van der Waals surface area (Å²) in [5.41, 5.74) is 1.38. The molecule has 26 heavy (non-hydrogen) atoms. The predicted octanol–water partition coefficient (Wildman–Crippen LogP) is 4.94. The number of carbonyl (C=O) groups excluding carboxylic acids is 1. The molecular formula is C19H16Br2O5. The highest BCUT2D eigenvalue weighted by Gasteiger charge is 2.07. The van der Waals surface area contributed by atoms with Crippen LogP contribution in [0.5, 0.6) is 23.0 Å². The van der Waals surface area contributed by atoms with E-state index in [0.717, 1.165) is 0 Å². The highest BCUT2D eigenvalue weighted by molar-refractivity contribution is 9.10. The van der Waals surface area contributed by atoms with Gasteiger partial charge in [-0.3, -0.25) is 4.79 Å². The fraction of sp³-hybridized carbons (Fsp3) is 0.105. The van der Waals surface area contributed by atoms with Crippen LogP contribution in [0.25, 0.3) is 12.2 Å². The second kappa shape index (κ2) is 8.91. The van der Waals surface area contributed by atoms with E-state index < -0.39 is 0 Å². The number of phenolic OH excluding ortho intramolecular Hbond substituents is 2. The Hall–Kier alpha value is -2.25. The minimum atomic E-state index is -0.233. The van der Waals surface area contributed by atoms with Gasteiger partial charge in [0.1, 0.15) is 0 Å². The molecule has 2 aromatic carbocycles. The number of methoxy groups -OCH3 is 2. The number of carbonyl (C=O) groups is 1. The molecule has 0 saturated carbocycles. The highest BCUT2D eigenvalue weighted by Crippen LogP contribution is 2.34. The zero-order valence-electron chi connectivity index (χ0n) is 14.0. The van der Waals surface area contributed by atoms with Crippen molar-refractivity contribution in [3.8, 4) is 23.0 Å². The molecule has 2 rings (SSSR count). The van der Waals surface area contributed by atoms with Crippen molar-refractivity contribution < 1.29 is 24.5 Å². The number of allylic oxidation sites excluding steroid dienone is 2. The summed E-state index contributed by atoms with van der Waals surface area (Å²) < 4.78 is 11.4. The van der Waals surface area contributed by atoms with Gasteiger partial charge in [-0.25, -0.2) is 0 Å². The Morgan fingerprint density at radius 2 is 1.23 bits per heavy atom. The first-order chi connectivity index (χ1) is 12.3. The van der Waals surface area contributed by atoms with Gasteiger partial charge in [0.05, 0.1) is 14.2 Å². The molecule has 0 aromatic heterocycles. The van der Waals surface area contributed by atoms with Gasteiger partial charge in [0.2, 0.25) is 0 Å². The number of halogens is 2. The Bertz CT molecular complexity index is 816. The highest BCUT2D eigenvalue weighted by atomic mass is 79.9. The van der Waals surface area contributed by atoms with Crippen LogP contribution in [0, 0.1) is 0 Å². The van der Waals surface area contributed by atoms with Gasteiger partial charge in [0, 0.05) is 8.95 Å². The smallest absolute Gasteiger partial charge is 0.178 e. The fourth-order valence-corrected chi connectivity index (χ4v) is 3.03. The van der Waals surface area contributed by atoms with Gasteiger partial charge >= 0.3 is 0 Å². The second-order valence-corrected chi connectivity index (χ2v) is 6.87.